The second-order valence-corrected chi connectivity index (χ2v) is 11.0. The number of sulfone groups is 1. The fourth-order valence-electron chi connectivity index (χ4n) is 2.53. The summed E-state index contributed by atoms with van der Waals surface area (Å²) < 4.78 is 28.3. The highest BCUT2D eigenvalue weighted by molar-refractivity contribution is 14.0. The van der Waals surface area contributed by atoms with Crippen molar-refractivity contribution < 1.29 is 17.9 Å². The van der Waals surface area contributed by atoms with Gasteiger partial charge >= 0.3 is 6.09 Å². The number of amides is 1. The maximum absolute atomic E-state index is 11.9. The minimum absolute atomic E-state index is 0. The van der Waals surface area contributed by atoms with Crippen LogP contribution in [-0.2, 0) is 14.6 Å². The minimum Gasteiger partial charge on any atom is -0.444 e. The number of ether oxygens (including phenoxy) is 1. The van der Waals surface area contributed by atoms with E-state index in [0.717, 1.165) is 12.8 Å². The molecule has 0 aliphatic heterocycles. The molecule has 8 nitrogen and oxygen atoms in total. The Morgan fingerprint density at radius 2 is 1.70 bits per heavy atom. The van der Waals surface area contributed by atoms with Crippen LogP contribution in [0, 0.1) is 5.41 Å². The molecule has 0 aromatic carbocycles. The molecule has 0 bridgehead atoms. The first kappa shape index (κ1) is 26.2. The zero-order valence-corrected chi connectivity index (χ0v) is 20.6. The molecule has 0 unspecified atom stereocenters. The minimum atomic E-state index is -3.00. The fraction of sp³-hybridized carbons (Fsp3) is 0.882. The number of halogens is 1. The van der Waals surface area contributed by atoms with E-state index < -0.39 is 27.1 Å². The van der Waals surface area contributed by atoms with E-state index in [4.69, 9.17) is 4.74 Å². The normalized spacial score (nSPS) is 16.8. The first-order valence-corrected chi connectivity index (χ1v) is 10.8. The van der Waals surface area contributed by atoms with E-state index >= 15 is 0 Å². The van der Waals surface area contributed by atoms with Gasteiger partial charge in [0.1, 0.15) is 15.4 Å². The first-order chi connectivity index (χ1) is 11.7. The third kappa shape index (κ3) is 11.6. The van der Waals surface area contributed by atoms with Crippen LogP contribution in [-0.4, -0.2) is 63.8 Å². The highest BCUT2D eigenvalue weighted by Crippen LogP contribution is 2.45. The van der Waals surface area contributed by atoms with Gasteiger partial charge in [-0.1, -0.05) is 0 Å². The van der Waals surface area contributed by atoms with Crippen LogP contribution < -0.4 is 16.0 Å². The molecule has 0 atom stereocenters. The van der Waals surface area contributed by atoms with Crippen molar-refractivity contribution in [3.8, 4) is 0 Å². The van der Waals surface area contributed by atoms with Crippen LogP contribution in [0.25, 0.3) is 0 Å². The quantitative estimate of drug-likeness (QED) is 0.270. The fourth-order valence-corrected chi connectivity index (χ4v) is 4.03. The Kier molecular flexibility index (Phi) is 9.34. The zero-order valence-electron chi connectivity index (χ0n) is 17.4. The SMILES string of the molecule is CN=C(NCC1(CS(C)(=O)=O)CC1)NCC(C)(C)NC(=O)OC(C)(C)C.I. The van der Waals surface area contributed by atoms with Crippen molar-refractivity contribution in [2.45, 2.75) is 58.6 Å². The number of carbonyl (C=O) groups is 1. The van der Waals surface area contributed by atoms with Crippen LogP contribution in [0.15, 0.2) is 4.99 Å². The lowest BCUT2D eigenvalue weighted by Crippen LogP contribution is -2.54. The van der Waals surface area contributed by atoms with Crippen LogP contribution in [0.3, 0.4) is 0 Å². The number of nitrogens with one attached hydrogen (secondary N) is 3. The molecule has 3 N–H and O–H groups in total. The Balaban J connectivity index is 0.00000676. The topological polar surface area (TPSA) is 109 Å². The molecule has 0 aromatic heterocycles. The van der Waals surface area contributed by atoms with Crippen molar-refractivity contribution in [1.82, 2.24) is 16.0 Å². The van der Waals surface area contributed by atoms with Gasteiger partial charge in [-0.2, -0.15) is 0 Å². The number of rotatable bonds is 7. The zero-order chi connectivity index (χ0) is 20.2. The van der Waals surface area contributed by atoms with Gasteiger partial charge in [0.15, 0.2) is 5.96 Å². The largest absolute Gasteiger partial charge is 0.444 e. The summed E-state index contributed by atoms with van der Waals surface area (Å²) in [5, 5.41) is 9.17. The summed E-state index contributed by atoms with van der Waals surface area (Å²) >= 11 is 0. The van der Waals surface area contributed by atoms with E-state index in [0.29, 0.717) is 19.0 Å². The van der Waals surface area contributed by atoms with Crippen LogP contribution >= 0.6 is 24.0 Å². The molecule has 0 radical (unpaired) electrons. The van der Waals surface area contributed by atoms with E-state index in [2.05, 4.69) is 20.9 Å². The maximum atomic E-state index is 11.9. The second kappa shape index (κ2) is 9.62. The maximum Gasteiger partial charge on any atom is 0.408 e. The lowest BCUT2D eigenvalue weighted by molar-refractivity contribution is 0.0474. The molecule has 10 heteroatoms. The van der Waals surface area contributed by atoms with Gasteiger partial charge in [-0.05, 0) is 47.5 Å². The number of aliphatic imine (C=N–C) groups is 1. The average molecular weight is 518 g/mol. The highest BCUT2D eigenvalue weighted by atomic mass is 127. The molecule has 1 aliphatic carbocycles. The lowest BCUT2D eigenvalue weighted by atomic mass is 10.1. The van der Waals surface area contributed by atoms with Gasteiger partial charge in [0, 0.05) is 31.8 Å². The van der Waals surface area contributed by atoms with Crippen molar-refractivity contribution in [3.63, 3.8) is 0 Å². The van der Waals surface area contributed by atoms with Gasteiger partial charge in [-0.15, -0.1) is 24.0 Å². The molecule has 1 fully saturated rings. The standard InChI is InChI=1S/C17H34N4O4S.HI/c1-15(2,3)25-14(22)21-16(4,5)10-19-13(18-6)20-11-17(8-9-17)12-26(7,23)24;/h8-12H2,1-7H3,(H,21,22)(H2,18,19,20);1H. The Labute approximate surface area is 180 Å². The number of alkyl carbamates (subject to hydrolysis) is 1. The Bertz CT molecular complexity index is 638. The van der Waals surface area contributed by atoms with Gasteiger partial charge < -0.3 is 20.7 Å². The van der Waals surface area contributed by atoms with Gasteiger partial charge in [0.25, 0.3) is 0 Å². The molecule has 1 saturated carbocycles. The summed E-state index contributed by atoms with van der Waals surface area (Å²) in [6.45, 7) is 10.2. The summed E-state index contributed by atoms with van der Waals surface area (Å²) in [6, 6.07) is 0. The van der Waals surface area contributed by atoms with E-state index in [1.807, 2.05) is 34.6 Å². The molecule has 0 aromatic rings. The summed E-state index contributed by atoms with van der Waals surface area (Å²) in [7, 11) is -1.35. The molecule has 0 spiro atoms. The van der Waals surface area contributed by atoms with E-state index in [9.17, 15) is 13.2 Å². The van der Waals surface area contributed by atoms with Crippen molar-refractivity contribution in [3.05, 3.63) is 0 Å². The van der Waals surface area contributed by atoms with Crippen LogP contribution in [0.1, 0.15) is 47.5 Å². The number of hydrogen-bond acceptors (Lipinski definition) is 5. The molecule has 1 amide bonds. The summed E-state index contributed by atoms with van der Waals surface area (Å²) in [6.07, 6.45) is 2.59. The smallest absolute Gasteiger partial charge is 0.408 e. The van der Waals surface area contributed by atoms with Crippen molar-refractivity contribution >= 4 is 45.9 Å². The van der Waals surface area contributed by atoms with Crippen molar-refractivity contribution in [2.75, 3.05) is 32.1 Å². The highest BCUT2D eigenvalue weighted by Gasteiger charge is 2.45. The Hall–Kier alpha value is -0.780. The summed E-state index contributed by atoms with van der Waals surface area (Å²) in [5.41, 5.74) is -1.29. The van der Waals surface area contributed by atoms with Gasteiger partial charge in [-0.25, -0.2) is 13.2 Å². The Morgan fingerprint density at radius 1 is 1.15 bits per heavy atom. The summed E-state index contributed by atoms with van der Waals surface area (Å²) in [5.74, 6) is 0.763. The predicted molar refractivity (Wildman–Crippen MR) is 120 cm³/mol. The third-order valence-corrected chi connectivity index (χ3v) is 5.05. The average Bonchev–Trinajstić information content (AvgIpc) is 3.13. The van der Waals surface area contributed by atoms with Crippen LogP contribution in [0.4, 0.5) is 4.79 Å². The number of guanidine groups is 1. The van der Waals surface area contributed by atoms with E-state index in [1.54, 1.807) is 7.05 Å². The second-order valence-electron chi connectivity index (χ2n) is 8.86. The van der Waals surface area contributed by atoms with Crippen molar-refractivity contribution in [1.29, 1.82) is 0 Å². The number of carbonyl (C=O) groups excluding carboxylic acids is 1. The number of nitrogens with zero attached hydrogens (tertiary/aromatic N) is 1. The van der Waals surface area contributed by atoms with Gasteiger partial charge in [0.2, 0.25) is 0 Å². The predicted octanol–water partition coefficient (Wildman–Crippen LogP) is 1.90. The van der Waals surface area contributed by atoms with Gasteiger partial charge in [0.05, 0.1) is 11.3 Å². The first-order valence-electron chi connectivity index (χ1n) is 8.79. The third-order valence-electron chi connectivity index (χ3n) is 3.92. The molecule has 0 saturated heterocycles. The molecule has 160 valence electrons. The molecular formula is C17H35IN4O4S. The van der Waals surface area contributed by atoms with Crippen LogP contribution in [0.2, 0.25) is 0 Å². The molecule has 0 heterocycles. The van der Waals surface area contributed by atoms with Crippen LogP contribution in [0.5, 0.6) is 0 Å². The monoisotopic (exact) mass is 518 g/mol. The Morgan fingerprint density at radius 3 is 2.11 bits per heavy atom. The lowest BCUT2D eigenvalue weighted by Gasteiger charge is -2.29. The molecule has 27 heavy (non-hydrogen) atoms. The molecular weight excluding hydrogens is 483 g/mol. The van der Waals surface area contributed by atoms with Crippen molar-refractivity contribution in [2.24, 2.45) is 10.4 Å². The van der Waals surface area contributed by atoms with Gasteiger partial charge in [-0.3, -0.25) is 4.99 Å². The number of hydrogen-bond donors (Lipinski definition) is 3. The van der Waals surface area contributed by atoms with E-state index in [-0.39, 0.29) is 35.1 Å². The summed E-state index contributed by atoms with van der Waals surface area (Å²) in [4.78, 5) is 16.1. The molecule has 1 rings (SSSR count). The van der Waals surface area contributed by atoms with E-state index in [1.165, 1.54) is 6.26 Å². The molecule has 1 aliphatic rings.